The molecule has 0 amide bonds. The van der Waals surface area contributed by atoms with Gasteiger partial charge in [0.25, 0.3) is 0 Å². The van der Waals surface area contributed by atoms with Crippen LogP contribution < -0.4 is 4.74 Å². The van der Waals surface area contributed by atoms with E-state index in [1.165, 1.54) is 13.2 Å². The minimum absolute atomic E-state index is 0.174. The van der Waals surface area contributed by atoms with E-state index >= 15 is 0 Å². The van der Waals surface area contributed by atoms with Gasteiger partial charge in [0.05, 0.1) is 24.4 Å². The number of halogens is 3. The lowest BCUT2D eigenvalue weighted by Gasteiger charge is -2.28. The Bertz CT molecular complexity index is 1260. The minimum atomic E-state index is -4.45. The molecule has 0 fully saturated rings. The van der Waals surface area contributed by atoms with Crippen LogP contribution in [0.15, 0.2) is 72.8 Å². The first-order chi connectivity index (χ1) is 16.3. The molecular weight excluding hydrogens is 443 g/mol. The van der Waals surface area contributed by atoms with E-state index in [-0.39, 0.29) is 6.54 Å². The second kappa shape index (κ2) is 9.64. The quantitative estimate of drug-likeness (QED) is 0.373. The van der Waals surface area contributed by atoms with E-state index in [1.54, 1.807) is 4.68 Å². The molecule has 0 saturated carbocycles. The Morgan fingerprint density at radius 3 is 2.38 bits per heavy atom. The third-order valence-corrected chi connectivity index (χ3v) is 5.67. The molecule has 0 aliphatic carbocycles. The van der Waals surface area contributed by atoms with Crippen molar-refractivity contribution in [1.82, 2.24) is 25.1 Å². The smallest absolute Gasteiger partial charge is 0.416 e. The highest BCUT2D eigenvalue weighted by Crippen LogP contribution is 2.35. The van der Waals surface area contributed by atoms with E-state index in [0.717, 1.165) is 28.9 Å². The number of rotatable bonds is 7. The van der Waals surface area contributed by atoms with Crippen LogP contribution in [0.3, 0.4) is 0 Å². The topological polar surface area (TPSA) is 56.1 Å². The van der Waals surface area contributed by atoms with Crippen molar-refractivity contribution in [3.8, 4) is 11.4 Å². The maximum absolute atomic E-state index is 13.4. The van der Waals surface area contributed by atoms with E-state index in [9.17, 15) is 13.2 Å². The molecule has 9 heteroatoms. The number of aryl methyl sites for hydroxylation is 1. The second-order valence-corrected chi connectivity index (χ2v) is 7.99. The Labute approximate surface area is 195 Å². The van der Waals surface area contributed by atoms with Crippen molar-refractivity contribution in [2.24, 2.45) is 0 Å². The molecule has 0 bridgehead atoms. The van der Waals surface area contributed by atoms with Crippen LogP contribution >= 0.6 is 0 Å². The standard InChI is InChI=1S/C25H24F3N5O/c1-17-9-7-8-12-21(17)33-24(29-30-31-33)23(18-10-5-4-6-11-18)32(2)16-19-15-20(25(26,27)28)13-14-22(19)34-3/h4-15,23H,16H2,1-3H3. The zero-order valence-electron chi connectivity index (χ0n) is 19.0. The molecule has 4 aromatic rings. The number of alkyl halides is 3. The Morgan fingerprint density at radius 1 is 1.00 bits per heavy atom. The molecule has 1 heterocycles. The van der Waals surface area contributed by atoms with Crippen LogP contribution in [0.2, 0.25) is 0 Å². The minimum Gasteiger partial charge on any atom is -0.496 e. The zero-order valence-corrected chi connectivity index (χ0v) is 19.0. The Kier molecular flexibility index (Phi) is 6.65. The van der Waals surface area contributed by atoms with Crippen LogP contribution in [0, 0.1) is 6.92 Å². The van der Waals surface area contributed by atoms with Crippen LogP contribution in [0.1, 0.15) is 34.1 Å². The first kappa shape index (κ1) is 23.4. The van der Waals surface area contributed by atoms with Gasteiger partial charge in [-0.25, -0.2) is 0 Å². The number of aromatic nitrogens is 4. The summed E-state index contributed by atoms with van der Waals surface area (Å²) in [6.45, 7) is 2.14. The monoisotopic (exact) mass is 467 g/mol. The number of methoxy groups -OCH3 is 1. The molecule has 0 saturated heterocycles. The first-order valence-electron chi connectivity index (χ1n) is 10.6. The third-order valence-electron chi connectivity index (χ3n) is 5.67. The first-order valence-corrected chi connectivity index (χ1v) is 10.6. The molecule has 0 aliphatic heterocycles. The van der Waals surface area contributed by atoms with Gasteiger partial charge in [0.15, 0.2) is 5.82 Å². The summed E-state index contributed by atoms with van der Waals surface area (Å²) in [5.74, 6) is 0.930. The van der Waals surface area contributed by atoms with Crippen LogP contribution in [0.25, 0.3) is 5.69 Å². The van der Waals surface area contributed by atoms with Gasteiger partial charge in [-0.05, 0) is 59.8 Å². The van der Waals surface area contributed by atoms with Gasteiger partial charge in [-0.15, -0.1) is 5.10 Å². The van der Waals surface area contributed by atoms with Gasteiger partial charge in [-0.2, -0.15) is 17.9 Å². The largest absolute Gasteiger partial charge is 0.496 e. The van der Waals surface area contributed by atoms with Crippen LogP contribution in [0.4, 0.5) is 13.2 Å². The molecular formula is C25H24F3N5O. The summed E-state index contributed by atoms with van der Waals surface area (Å²) in [7, 11) is 3.27. The fraction of sp³-hybridized carbons (Fsp3) is 0.240. The van der Waals surface area contributed by atoms with Crippen molar-refractivity contribution < 1.29 is 17.9 Å². The molecule has 0 aliphatic rings. The molecule has 0 spiro atoms. The van der Waals surface area contributed by atoms with Crippen LogP contribution in [-0.2, 0) is 12.7 Å². The maximum Gasteiger partial charge on any atom is 0.416 e. The summed E-state index contributed by atoms with van der Waals surface area (Å²) >= 11 is 0. The van der Waals surface area contributed by atoms with Gasteiger partial charge in [0.2, 0.25) is 0 Å². The zero-order chi connectivity index (χ0) is 24.3. The predicted octanol–water partition coefficient (Wildman–Crippen LogP) is 5.22. The average molecular weight is 467 g/mol. The number of ether oxygens (including phenoxy) is 1. The summed E-state index contributed by atoms with van der Waals surface area (Å²) in [5, 5.41) is 12.5. The van der Waals surface area contributed by atoms with E-state index < -0.39 is 17.8 Å². The lowest BCUT2D eigenvalue weighted by molar-refractivity contribution is -0.137. The predicted molar refractivity (Wildman–Crippen MR) is 122 cm³/mol. The van der Waals surface area contributed by atoms with Gasteiger partial charge in [-0.1, -0.05) is 48.5 Å². The molecule has 1 unspecified atom stereocenters. The van der Waals surface area contributed by atoms with Crippen molar-refractivity contribution in [2.45, 2.75) is 25.7 Å². The van der Waals surface area contributed by atoms with Crippen molar-refractivity contribution in [3.63, 3.8) is 0 Å². The second-order valence-electron chi connectivity index (χ2n) is 7.99. The van der Waals surface area contributed by atoms with Crippen molar-refractivity contribution >= 4 is 0 Å². The number of hydrogen-bond acceptors (Lipinski definition) is 5. The molecule has 4 rings (SSSR count). The number of benzene rings is 3. The van der Waals surface area contributed by atoms with E-state index in [2.05, 4.69) is 15.5 Å². The van der Waals surface area contributed by atoms with Crippen molar-refractivity contribution in [3.05, 3.63) is 101 Å². The number of hydrogen-bond donors (Lipinski definition) is 0. The normalized spacial score (nSPS) is 12.7. The van der Waals surface area contributed by atoms with E-state index in [1.807, 2.05) is 73.5 Å². The Morgan fingerprint density at radius 2 is 1.71 bits per heavy atom. The molecule has 176 valence electrons. The number of para-hydroxylation sites is 1. The van der Waals surface area contributed by atoms with Gasteiger partial charge < -0.3 is 4.74 Å². The Balaban J connectivity index is 1.78. The SMILES string of the molecule is COc1ccc(C(F)(F)F)cc1CN(C)C(c1ccccc1)c1nnnn1-c1ccccc1C. The summed E-state index contributed by atoms with van der Waals surface area (Å²) in [6, 6.07) is 20.4. The van der Waals surface area contributed by atoms with E-state index in [0.29, 0.717) is 17.1 Å². The Hall–Kier alpha value is -3.72. The third kappa shape index (κ3) is 4.79. The molecule has 34 heavy (non-hydrogen) atoms. The summed E-state index contributed by atoms with van der Waals surface area (Å²) in [6.07, 6.45) is -4.45. The molecule has 6 nitrogen and oxygen atoms in total. The summed E-state index contributed by atoms with van der Waals surface area (Å²) < 4.78 is 47.2. The number of tetrazole rings is 1. The molecule has 0 radical (unpaired) electrons. The van der Waals surface area contributed by atoms with Gasteiger partial charge >= 0.3 is 6.18 Å². The highest BCUT2D eigenvalue weighted by atomic mass is 19.4. The van der Waals surface area contributed by atoms with Gasteiger partial charge in [0.1, 0.15) is 5.75 Å². The lowest BCUT2D eigenvalue weighted by Crippen LogP contribution is -2.28. The van der Waals surface area contributed by atoms with Gasteiger partial charge in [-0.3, -0.25) is 4.90 Å². The molecule has 1 aromatic heterocycles. The summed E-state index contributed by atoms with van der Waals surface area (Å²) in [4.78, 5) is 1.91. The van der Waals surface area contributed by atoms with Gasteiger partial charge in [0, 0.05) is 12.1 Å². The van der Waals surface area contributed by atoms with Crippen molar-refractivity contribution in [1.29, 1.82) is 0 Å². The molecule has 0 N–H and O–H groups in total. The van der Waals surface area contributed by atoms with E-state index in [4.69, 9.17) is 4.74 Å². The van der Waals surface area contributed by atoms with Crippen LogP contribution in [0.5, 0.6) is 5.75 Å². The molecule has 1 atom stereocenters. The highest BCUT2D eigenvalue weighted by Gasteiger charge is 2.32. The average Bonchev–Trinajstić information content (AvgIpc) is 3.28. The fourth-order valence-corrected chi connectivity index (χ4v) is 4.01. The highest BCUT2D eigenvalue weighted by molar-refractivity contribution is 5.41. The molecule has 3 aromatic carbocycles. The van der Waals surface area contributed by atoms with Crippen LogP contribution in [-0.4, -0.2) is 39.3 Å². The van der Waals surface area contributed by atoms with Crippen molar-refractivity contribution in [2.75, 3.05) is 14.2 Å². The number of nitrogens with zero attached hydrogens (tertiary/aromatic N) is 5. The summed E-state index contributed by atoms with van der Waals surface area (Å²) in [5.41, 5.74) is 2.41. The maximum atomic E-state index is 13.4. The fourth-order valence-electron chi connectivity index (χ4n) is 4.01. The lowest BCUT2D eigenvalue weighted by atomic mass is 10.0.